The van der Waals surface area contributed by atoms with Crippen molar-refractivity contribution in [1.29, 1.82) is 0 Å². The summed E-state index contributed by atoms with van der Waals surface area (Å²) in [5.74, 6) is 0.599. The Morgan fingerprint density at radius 1 is 1.06 bits per heavy atom. The van der Waals surface area contributed by atoms with Crippen LogP contribution in [0.25, 0.3) is 11.5 Å². The predicted octanol–water partition coefficient (Wildman–Crippen LogP) is 6.69. The molecule has 2 aromatic carbocycles. The standard InChI is InChI=1S/C25H29F3N4O3/c1-16(2)32(23(33)35-24(3,4)5)15-14-21-30-31-22(34-21)19-8-6-7-9-20(19)29-18-12-10-17(11-13-18)25(26,27)28/h6-13,16,29H,14-15H2,1-5H3. The highest BCUT2D eigenvalue weighted by molar-refractivity contribution is 5.76. The fourth-order valence-electron chi connectivity index (χ4n) is 3.24. The van der Waals surface area contributed by atoms with Crippen molar-refractivity contribution in [1.82, 2.24) is 15.1 Å². The fraction of sp³-hybridized carbons (Fsp3) is 0.400. The normalized spacial score (nSPS) is 12.0. The SMILES string of the molecule is CC(C)N(CCc1nnc(-c2ccccc2Nc2ccc(C(F)(F)F)cc2)o1)C(=O)OC(C)(C)C. The van der Waals surface area contributed by atoms with E-state index < -0.39 is 23.4 Å². The average Bonchev–Trinajstić information content (AvgIpc) is 3.21. The number of para-hydroxylation sites is 1. The second kappa shape index (κ2) is 10.4. The Labute approximate surface area is 202 Å². The molecular formula is C25H29F3N4O3. The highest BCUT2D eigenvalue weighted by Crippen LogP contribution is 2.32. The molecule has 188 valence electrons. The van der Waals surface area contributed by atoms with Gasteiger partial charge in [0.05, 0.1) is 16.8 Å². The Bertz CT molecular complexity index is 1140. The first-order chi connectivity index (χ1) is 16.3. The Morgan fingerprint density at radius 2 is 1.71 bits per heavy atom. The van der Waals surface area contributed by atoms with Gasteiger partial charge in [0, 0.05) is 24.7 Å². The van der Waals surface area contributed by atoms with Crippen LogP contribution in [-0.2, 0) is 17.3 Å². The van der Waals surface area contributed by atoms with Gasteiger partial charge in [-0.1, -0.05) is 12.1 Å². The molecule has 0 saturated heterocycles. The van der Waals surface area contributed by atoms with E-state index in [0.29, 0.717) is 35.8 Å². The maximum Gasteiger partial charge on any atom is 0.416 e. The first-order valence-corrected chi connectivity index (χ1v) is 11.2. The van der Waals surface area contributed by atoms with Crippen LogP contribution in [0.3, 0.4) is 0 Å². The number of rotatable bonds is 7. The maximum atomic E-state index is 12.8. The molecule has 0 saturated carbocycles. The van der Waals surface area contributed by atoms with Crippen molar-refractivity contribution in [3.8, 4) is 11.5 Å². The van der Waals surface area contributed by atoms with Gasteiger partial charge >= 0.3 is 12.3 Å². The molecule has 1 amide bonds. The number of anilines is 2. The average molecular weight is 491 g/mol. The van der Waals surface area contributed by atoms with E-state index in [0.717, 1.165) is 12.1 Å². The third-order valence-electron chi connectivity index (χ3n) is 4.93. The molecule has 1 aromatic heterocycles. The van der Waals surface area contributed by atoms with Crippen LogP contribution < -0.4 is 5.32 Å². The molecule has 0 aliphatic heterocycles. The van der Waals surface area contributed by atoms with Crippen molar-refractivity contribution in [3.63, 3.8) is 0 Å². The van der Waals surface area contributed by atoms with Crippen LogP contribution in [0, 0.1) is 0 Å². The van der Waals surface area contributed by atoms with Crippen molar-refractivity contribution in [3.05, 3.63) is 60.0 Å². The molecule has 7 nitrogen and oxygen atoms in total. The zero-order valence-electron chi connectivity index (χ0n) is 20.3. The molecule has 35 heavy (non-hydrogen) atoms. The minimum atomic E-state index is -4.40. The monoisotopic (exact) mass is 490 g/mol. The molecule has 0 atom stereocenters. The molecule has 1 N–H and O–H groups in total. The van der Waals surface area contributed by atoms with Gasteiger partial charge in [-0.15, -0.1) is 10.2 Å². The molecule has 3 aromatic rings. The van der Waals surface area contributed by atoms with E-state index in [4.69, 9.17) is 9.15 Å². The Balaban J connectivity index is 1.72. The van der Waals surface area contributed by atoms with E-state index >= 15 is 0 Å². The Morgan fingerprint density at radius 3 is 2.31 bits per heavy atom. The third kappa shape index (κ3) is 7.21. The summed E-state index contributed by atoms with van der Waals surface area (Å²) in [6.45, 7) is 9.55. The summed E-state index contributed by atoms with van der Waals surface area (Å²) in [6.07, 6.45) is -4.48. The number of benzene rings is 2. The van der Waals surface area contributed by atoms with E-state index in [1.165, 1.54) is 12.1 Å². The van der Waals surface area contributed by atoms with Gasteiger partial charge in [-0.3, -0.25) is 0 Å². The van der Waals surface area contributed by atoms with Gasteiger partial charge in [-0.2, -0.15) is 13.2 Å². The quantitative estimate of drug-likeness (QED) is 0.398. The molecular weight excluding hydrogens is 461 g/mol. The molecule has 0 bridgehead atoms. The van der Waals surface area contributed by atoms with Crippen LogP contribution in [0.4, 0.5) is 29.3 Å². The Kier molecular flexibility index (Phi) is 7.72. The molecule has 0 radical (unpaired) electrons. The summed E-state index contributed by atoms with van der Waals surface area (Å²) >= 11 is 0. The number of ether oxygens (including phenoxy) is 1. The van der Waals surface area contributed by atoms with Crippen LogP contribution in [0.15, 0.2) is 52.9 Å². The third-order valence-corrected chi connectivity index (χ3v) is 4.93. The van der Waals surface area contributed by atoms with Crippen molar-refractivity contribution in [2.24, 2.45) is 0 Å². The van der Waals surface area contributed by atoms with Crippen molar-refractivity contribution < 1.29 is 27.1 Å². The summed E-state index contributed by atoms with van der Waals surface area (Å²) in [5.41, 5.74) is 0.347. The van der Waals surface area contributed by atoms with Gasteiger partial charge < -0.3 is 19.4 Å². The lowest BCUT2D eigenvalue weighted by molar-refractivity contribution is -0.137. The summed E-state index contributed by atoms with van der Waals surface area (Å²) in [4.78, 5) is 14.1. The molecule has 0 fully saturated rings. The fourth-order valence-corrected chi connectivity index (χ4v) is 3.24. The van der Waals surface area contributed by atoms with E-state index in [-0.39, 0.29) is 11.9 Å². The molecule has 1 heterocycles. The summed E-state index contributed by atoms with van der Waals surface area (Å²) in [6, 6.07) is 11.8. The highest BCUT2D eigenvalue weighted by atomic mass is 19.4. The first-order valence-electron chi connectivity index (χ1n) is 11.2. The van der Waals surface area contributed by atoms with Crippen molar-refractivity contribution >= 4 is 17.5 Å². The number of hydrogen-bond donors (Lipinski definition) is 1. The topological polar surface area (TPSA) is 80.5 Å². The number of nitrogens with one attached hydrogen (secondary N) is 1. The summed E-state index contributed by atoms with van der Waals surface area (Å²) in [7, 11) is 0. The molecule has 0 aliphatic rings. The van der Waals surface area contributed by atoms with E-state index in [2.05, 4.69) is 15.5 Å². The largest absolute Gasteiger partial charge is 0.444 e. The van der Waals surface area contributed by atoms with E-state index in [9.17, 15) is 18.0 Å². The summed E-state index contributed by atoms with van der Waals surface area (Å²) < 4.78 is 49.8. The number of alkyl halides is 3. The Hall–Kier alpha value is -3.56. The van der Waals surface area contributed by atoms with Crippen LogP contribution in [0.1, 0.15) is 46.1 Å². The zero-order valence-corrected chi connectivity index (χ0v) is 20.3. The minimum Gasteiger partial charge on any atom is -0.444 e. The highest BCUT2D eigenvalue weighted by Gasteiger charge is 2.30. The van der Waals surface area contributed by atoms with Gasteiger partial charge in [0.1, 0.15) is 5.60 Å². The van der Waals surface area contributed by atoms with Crippen LogP contribution in [0.5, 0.6) is 0 Å². The molecule has 10 heteroatoms. The molecule has 3 rings (SSSR count). The van der Waals surface area contributed by atoms with Crippen molar-refractivity contribution in [2.75, 3.05) is 11.9 Å². The van der Waals surface area contributed by atoms with E-state index in [1.54, 1.807) is 29.2 Å². The molecule has 0 unspecified atom stereocenters. The van der Waals surface area contributed by atoms with Gasteiger partial charge in [0.15, 0.2) is 0 Å². The second-order valence-corrected chi connectivity index (χ2v) is 9.26. The lowest BCUT2D eigenvalue weighted by Gasteiger charge is -2.29. The molecule has 0 spiro atoms. The van der Waals surface area contributed by atoms with Crippen molar-refractivity contribution in [2.45, 2.75) is 58.9 Å². The van der Waals surface area contributed by atoms with Gasteiger partial charge in [-0.05, 0) is 71.0 Å². The maximum absolute atomic E-state index is 12.8. The number of amides is 1. The van der Waals surface area contributed by atoms with Crippen LogP contribution in [-0.4, -0.2) is 39.4 Å². The lowest BCUT2D eigenvalue weighted by atomic mass is 10.1. The number of carbonyl (C=O) groups is 1. The number of carbonyl (C=O) groups excluding carboxylic acids is 1. The van der Waals surface area contributed by atoms with Crippen LogP contribution >= 0.6 is 0 Å². The number of halogens is 3. The van der Waals surface area contributed by atoms with Crippen LogP contribution in [0.2, 0.25) is 0 Å². The lowest BCUT2D eigenvalue weighted by Crippen LogP contribution is -2.42. The number of aromatic nitrogens is 2. The minimum absolute atomic E-state index is 0.0825. The summed E-state index contributed by atoms with van der Waals surface area (Å²) in [5, 5.41) is 11.3. The number of nitrogens with zero attached hydrogens (tertiary/aromatic N) is 3. The predicted molar refractivity (Wildman–Crippen MR) is 126 cm³/mol. The second-order valence-electron chi connectivity index (χ2n) is 9.26. The zero-order chi connectivity index (χ0) is 25.8. The van der Waals surface area contributed by atoms with Gasteiger partial charge in [0.2, 0.25) is 11.8 Å². The van der Waals surface area contributed by atoms with E-state index in [1.807, 2.05) is 34.6 Å². The number of hydrogen-bond acceptors (Lipinski definition) is 6. The van der Waals surface area contributed by atoms with Gasteiger partial charge in [0.25, 0.3) is 0 Å². The molecule has 0 aliphatic carbocycles. The smallest absolute Gasteiger partial charge is 0.416 e. The first kappa shape index (κ1) is 26.1. The van der Waals surface area contributed by atoms with Gasteiger partial charge in [-0.25, -0.2) is 4.79 Å².